The fourth-order valence-electron chi connectivity index (χ4n) is 2.82. The van der Waals surface area contributed by atoms with Crippen molar-refractivity contribution in [2.45, 2.75) is 0 Å². The van der Waals surface area contributed by atoms with E-state index in [0.29, 0.717) is 0 Å². The summed E-state index contributed by atoms with van der Waals surface area (Å²) in [5, 5.41) is 21.3. The lowest BCUT2D eigenvalue weighted by Gasteiger charge is -2.15. The highest BCUT2D eigenvalue weighted by molar-refractivity contribution is 6.21. The van der Waals surface area contributed by atoms with Crippen LogP contribution in [-0.2, 0) is 4.79 Å². The Bertz CT molecular complexity index is 973. The van der Waals surface area contributed by atoms with Crippen molar-refractivity contribution in [3.05, 3.63) is 45.5 Å². The van der Waals surface area contributed by atoms with E-state index in [-0.39, 0.29) is 51.1 Å². The van der Waals surface area contributed by atoms with Gasteiger partial charge in [-0.1, -0.05) is 0 Å². The van der Waals surface area contributed by atoms with Crippen molar-refractivity contribution in [1.29, 1.82) is 0 Å². The second-order valence-electron chi connectivity index (χ2n) is 5.80. The summed E-state index contributed by atoms with van der Waals surface area (Å²) in [6.07, 6.45) is 1.17. The first kappa shape index (κ1) is 22.3. The Morgan fingerprint density at radius 2 is 1.37 bits per heavy atom. The number of nitro groups is 1. The van der Waals surface area contributed by atoms with Crippen LogP contribution in [0.25, 0.3) is 11.6 Å². The average molecular weight is 419 g/mol. The van der Waals surface area contributed by atoms with Gasteiger partial charge in [0.25, 0.3) is 5.69 Å². The summed E-state index contributed by atoms with van der Waals surface area (Å²) < 4.78 is 26.0. The van der Waals surface area contributed by atoms with Crippen LogP contribution in [0, 0.1) is 10.1 Å². The summed E-state index contributed by atoms with van der Waals surface area (Å²) in [7, 11) is 6.92. The van der Waals surface area contributed by atoms with E-state index in [1.54, 1.807) is 0 Å². The minimum Gasteiger partial charge on any atom is -0.493 e. The van der Waals surface area contributed by atoms with Gasteiger partial charge in [0.1, 0.15) is 0 Å². The standard InChI is InChI=1S/C20H21NO9/c1-26-15-9-12(14(21(24)25)10-16(15)27-2)6-13(20(22)23)11-7-17(28-3)19(30-5)18(8-11)29-4/h6-10H,1-5H3,(H,22,23)/b13-6+. The number of carbonyl (C=O) groups is 1. The molecule has 0 atom stereocenters. The second kappa shape index (κ2) is 9.50. The Morgan fingerprint density at radius 1 is 0.867 bits per heavy atom. The number of methoxy groups -OCH3 is 5. The topological polar surface area (TPSA) is 127 Å². The van der Waals surface area contributed by atoms with Gasteiger partial charge in [-0.3, -0.25) is 10.1 Å². The number of aliphatic carboxylic acids is 1. The molecule has 160 valence electrons. The number of benzene rings is 2. The Kier molecular flexibility index (Phi) is 7.08. The number of ether oxygens (including phenoxy) is 5. The van der Waals surface area contributed by atoms with Gasteiger partial charge in [0.15, 0.2) is 23.0 Å². The van der Waals surface area contributed by atoms with E-state index < -0.39 is 10.9 Å². The molecule has 2 aromatic carbocycles. The number of rotatable bonds is 9. The molecule has 10 heteroatoms. The van der Waals surface area contributed by atoms with E-state index in [1.165, 1.54) is 65.9 Å². The van der Waals surface area contributed by atoms with Crippen LogP contribution < -0.4 is 23.7 Å². The molecule has 0 saturated heterocycles. The smallest absolute Gasteiger partial charge is 0.336 e. The zero-order chi connectivity index (χ0) is 22.4. The van der Waals surface area contributed by atoms with Crippen LogP contribution in [0.4, 0.5) is 5.69 Å². The van der Waals surface area contributed by atoms with Gasteiger partial charge in [0.2, 0.25) is 5.75 Å². The van der Waals surface area contributed by atoms with E-state index in [1.807, 2.05) is 0 Å². The van der Waals surface area contributed by atoms with Crippen LogP contribution in [-0.4, -0.2) is 51.5 Å². The fraction of sp³-hybridized carbons (Fsp3) is 0.250. The highest BCUT2D eigenvalue weighted by Crippen LogP contribution is 2.41. The van der Waals surface area contributed by atoms with Crippen molar-refractivity contribution >= 4 is 23.3 Å². The molecule has 0 unspecified atom stereocenters. The van der Waals surface area contributed by atoms with Gasteiger partial charge < -0.3 is 28.8 Å². The average Bonchev–Trinajstić information content (AvgIpc) is 2.75. The van der Waals surface area contributed by atoms with Crippen molar-refractivity contribution in [1.82, 2.24) is 0 Å². The van der Waals surface area contributed by atoms with E-state index in [4.69, 9.17) is 23.7 Å². The number of carboxylic acid groups (broad SMARTS) is 1. The molecule has 0 aliphatic rings. The van der Waals surface area contributed by atoms with Gasteiger partial charge in [-0.15, -0.1) is 0 Å². The first-order valence-electron chi connectivity index (χ1n) is 8.47. The summed E-state index contributed by atoms with van der Waals surface area (Å²) >= 11 is 0. The molecule has 0 aromatic heterocycles. The highest BCUT2D eigenvalue weighted by atomic mass is 16.6. The molecule has 0 heterocycles. The van der Waals surface area contributed by atoms with Crippen LogP contribution in [0.15, 0.2) is 24.3 Å². The maximum Gasteiger partial charge on any atom is 0.336 e. The molecule has 2 rings (SSSR count). The molecule has 2 aromatic rings. The van der Waals surface area contributed by atoms with Crippen LogP contribution in [0.5, 0.6) is 28.7 Å². The lowest BCUT2D eigenvalue weighted by Crippen LogP contribution is -2.03. The fourth-order valence-corrected chi connectivity index (χ4v) is 2.82. The molecular weight excluding hydrogens is 398 g/mol. The molecular formula is C20H21NO9. The van der Waals surface area contributed by atoms with Gasteiger partial charge in [-0.2, -0.15) is 0 Å². The van der Waals surface area contributed by atoms with Crippen molar-refractivity contribution in [3.63, 3.8) is 0 Å². The van der Waals surface area contributed by atoms with Crippen LogP contribution in [0.2, 0.25) is 0 Å². The molecule has 1 N–H and O–H groups in total. The number of nitro benzene ring substituents is 1. The zero-order valence-electron chi connectivity index (χ0n) is 17.0. The summed E-state index contributed by atoms with van der Waals surface area (Å²) in [6.45, 7) is 0. The Balaban J connectivity index is 2.79. The van der Waals surface area contributed by atoms with Crippen molar-refractivity contribution < 1.29 is 38.5 Å². The molecule has 0 aliphatic heterocycles. The number of carboxylic acids is 1. The molecule has 0 saturated carbocycles. The van der Waals surface area contributed by atoms with E-state index in [0.717, 1.165) is 0 Å². The third kappa shape index (κ3) is 4.37. The van der Waals surface area contributed by atoms with E-state index >= 15 is 0 Å². The maximum atomic E-state index is 12.0. The summed E-state index contributed by atoms with van der Waals surface area (Å²) in [4.78, 5) is 22.9. The Hall–Kier alpha value is -3.95. The molecule has 0 radical (unpaired) electrons. The predicted octanol–water partition coefficient (Wildman–Crippen LogP) is 3.26. The summed E-state index contributed by atoms with van der Waals surface area (Å²) in [6, 6.07) is 5.37. The minimum atomic E-state index is -1.31. The maximum absolute atomic E-state index is 12.0. The van der Waals surface area contributed by atoms with Crippen molar-refractivity contribution in [2.75, 3.05) is 35.5 Å². The van der Waals surface area contributed by atoms with Gasteiger partial charge in [-0.05, 0) is 29.8 Å². The molecule has 0 fully saturated rings. The summed E-state index contributed by atoms with van der Waals surface area (Å²) in [5.41, 5.74) is -0.367. The molecule has 10 nitrogen and oxygen atoms in total. The molecule has 0 aliphatic carbocycles. The second-order valence-corrected chi connectivity index (χ2v) is 5.80. The quantitative estimate of drug-likeness (QED) is 0.282. The number of nitrogens with zero attached hydrogens (tertiary/aromatic N) is 1. The van der Waals surface area contributed by atoms with Crippen LogP contribution in [0.3, 0.4) is 0 Å². The molecule has 0 bridgehead atoms. The Morgan fingerprint density at radius 3 is 1.77 bits per heavy atom. The van der Waals surface area contributed by atoms with E-state index in [2.05, 4.69) is 0 Å². The molecule has 0 amide bonds. The van der Waals surface area contributed by atoms with Crippen molar-refractivity contribution in [2.24, 2.45) is 0 Å². The highest BCUT2D eigenvalue weighted by Gasteiger charge is 2.23. The lowest BCUT2D eigenvalue weighted by atomic mass is 10.0. The van der Waals surface area contributed by atoms with Gasteiger partial charge in [0.05, 0.1) is 57.7 Å². The third-order valence-corrected chi connectivity index (χ3v) is 4.24. The van der Waals surface area contributed by atoms with Gasteiger partial charge in [0, 0.05) is 0 Å². The first-order valence-corrected chi connectivity index (χ1v) is 8.47. The number of hydrogen-bond acceptors (Lipinski definition) is 8. The first-order chi connectivity index (χ1) is 14.3. The van der Waals surface area contributed by atoms with Gasteiger partial charge in [-0.25, -0.2) is 4.79 Å². The third-order valence-electron chi connectivity index (χ3n) is 4.24. The predicted molar refractivity (Wildman–Crippen MR) is 108 cm³/mol. The summed E-state index contributed by atoms with van der Waals surface area (Å²) in [5.74, 6) is -0.199. The normalized spacial score (nSPS) is 10.9. The molecule has 30 heavy (non-hydrogen) atoms. The van der Waals surface area contributed by atoms with Crippen LogP contribution >= 0.6 is 0 Å². The number of hydrogen-bond donors (Lipinski definition) is 1. The SMILES string of the molecule is COc1cc(/C=C(/C(=O)O)c2cc(OC)c(OC)c(OC)c2)c([N+](=O)[O-])cc1OC. The van der Waals surface area contributed by atoms with Crippen LogP contribution in [0.1, 0.15) is 11.1 Å². The monoisotopic (exact) mass is 419 g/mol. The Labute approximate surface area is 172 Å². The lowest BCUT2D eigenvalue weighted by molar-refractivity contribution is -0.385. The minimum absolute atomic E-state index is 0.0174. The van der Waals surface area contributed by atoms with E-state index in [9.17, 15) is 20.0 Å². The zero-order valence-corrected chi connectivity index (χ0v) is 17.0. The van der Waals surface area contributed by atoms with Crippen molar-refractivity contribution in [3.8, 4) is 28.7 Å². The molecule has 0 spiro atoms. The largest absolute Gasteiger partial charge is 0.493 e. The van der Waals surface area contributed by atoms with Gasteiger partial charge >= 0.3 is 5.97 Å².